The lowest BCUT2D eigenvalue weighted by molar-refractivity contribution is 0.0684. The van der Waals surface area contributed by atoms with Gasteiger partial charge in [0.2, 0.25) is 0 Å². The number of carbonyl (C=O) groups is 1. The number of carboxylic acid groups (broad SMARTS) is 1. The van der Waals surface area contributed by atoms with Gasteiger partial charge in [0, 0.05) is 6.42 Å². The molecule has 0 saturated heterocycles. The van der Waals surface area contributed by atoms with E-state index in [2.05, 4.69) is 34.3 Å². The molecule has 0 aliphatic heterocycles. The molecule has 5 heteroatoms. The zero-order chi connectivity index (χ0) is 11.5. The summed E-state index contributed by atoms with van der Waals surface area (Å²) >= 11 is 0. The van der Waals surface area contributed by atoms with Crippen LogP contribution in [0.2, 0.25) is 0 Å². The molecule has 0 amide bonds. The Hall–Kier alpha value is -1.91. The van der Waals surface area contributed by atoms with Gasteiger partial charge in [-0.1, -0.05) is 23.3 Å². The van der Waals surface area contributed by atoms with E-state index in [-0.39, 0.29) is 5.82 Å². The van der Waals surface area contributed by atoms with Crippen molar-refractivity contribution in [3.8, 4) is 0 Å². The van der Waals surface area contributed by atoms with Crippen molar-refractivity contribution in [2.24, 2.45) is 0 Å². The standard InChI is InChI=1S/C11H13N3O2/c1-7-2-4-8(5-3-7)6-9-12-10(11(15)16)14-13-9/h2,4H,3,5-6H2,1H3,(H,15,16)(H,12,13,14). The molecular weight excluding hydrogens is 206 g/mol. The van der Waals surface area contributed by atoms with Crippen LogP contribution in [0.15, 0.2) is 23.3 Å². The number of rotatable bonds is 3. The molecule has 1 aromatic heterocycles. The molecule has 0 spiro atoms. The fourth-order valence-corrected chi connectivity index (χ4v) is 1.62. The Balaban J connectivity index is 2.07. The van der Waals surface area contributed by atoms with Gasteiger partial charge in [-0.2, -0.15) is 0 Å². The van der Waals surface area contributed by atoms with Gasteiger partial charge in [0.05, 0.1) is 0 Å². The van der Waals surface area contributed by atoms with Crippen molar-refractivity contribution in [3.63, 3.8) is 0 Å². The maximum Gasteiger partial charge on any atom is 0.375 e. The number of allylic oxidation sites excluding steroid dienone is 4. The second-order valence-corrected chi connectivity index (χ2v) is 3.93. The van der Waals surface area contributed by atoms with Crippen molar-refractivity contribution in [2.45, 2.75) is 26.2 Å². The molecule has 0 fully saturated rings. The van der Waals surface area contributed by atoms with Crippen molar-refractivity contribution in [1.82, 2.24) is 15.2 Å². The topological polar surface area (TPSA) is 78.9 Å². The number of aromatic carboxylic acids is 1. The van der Waals surface area contributed by atoms with Crippen molar-refractivity contribution in [3.05, 3.63) is 34.9 Å². The van der Waals surface area contributed by atoms with Gasteiger partial charge >= 0.3 is 5.97 Å². The van der Waals surface area contributed by atoms with Crippen molar-refractivity contribution in [2.75, 3.05) is 0 Å². The molecule has 2 N–H and O–H groups in total. The minimum atomic E-state index is -1.10. The lowest BCUT2D eigenvalue weighted by Gasteiger charge is -2.10. The molecule has 16 heavy (non-hydrogen) atoms. The molecule has 0 aromatic carbocycles. The van der Waals surface area contributed by atoms with E-state index in [0.29, 0.717) is 12.2 Å². The first-order valence-corrected chi connectivity index (χ1v) is 5.15. The summed E-state index contributed by atoms with van der Waals surface area (Å²) in [6.45, 7) is 2.10. The number of carboxylic acids is 1. The highest BCUT2D eigenvalue weighted by Crippen LogP contribution is 2.19. The smallest absolute Gasteiger partial charge is 0.375 e. The molecule has 0 unspecified atom stereocenters. The Labute approximate surface area is 92.9 Å². The van der Waals surface area contributed by atoms with Gasteiger partial charge in [0.15, 0.2) is 0 Å². The first kappa shape index (κ1) is 10.6. The third kappa shape index (κ3) is 2.36. The highest BCUT2D eigenvalue weighted by Gasteiger charge is 2.12. The summed E-state index contributed by atoms with van der Waals surface area (Å²) < 4.78 is 0. The zero-order valence-corrected chi connectivity index (χ0v) is 9.03. The number of aromatic amines is 1. The maximum absolute atomic E-state index is 10.6. The lowest BCUT2D eigenvalue weighted by atomic mass is 9.97. The van der Waals surface area contributed by atoms with Crippen LogP contribution in [0.4, 0.5) is 0 Å². The highest BCUT2D eigenvalue weighted by molar-refractivity contribution is 5.82. The SMILES string of the molecule is CC1=CC=C(Cc2nc(C(=O)O)n[nH]2)CC1. The summed E-state index contributed by atoms with van der Waals surface area (Å²) in [4.78, 5) is 14.5. The summed E-state index contributed by atoms with van der Waals surface area (Å²) in [5.41, 5.74) is 2.62. The van der Waals surface area contributed by atoms with Gasteiger partial charge in [-0.15, -0.1) is 5.10 Å². The van der Waals surface area contributed by atoms with Crippen molar-refractivity contribution >= 4 is 5.97 Å². The zero-order valence-electron chi connectivity index (χ0n) is 9.03. The fourth-order valence-electron chi connectivity index (χ4n) is 1.62. The van der Waals surface area contributed by atoms with Gasteiger partial charge < -0.3 is 5.11 Å². The molecule has 2 rings (SSSR count). The molecule has 1 aromatic rings. The lowest BCUT2D eigenvalue weighted by Crippen LogP contribution is -2.00. The maximum atomic E-state index is 10.6. The number of nitrogens with one attached hydrogen (secondary N) is 1. The van der Waals surface area contributed by atoms with Crippen LogP contribution >= 0.6 is 0 Å². The summed E-state index contributed by atoms with van der Waals surface area (Å²) in [6.07, 6.45) is 6.87. The summed E-state index contributed by atoms with van der Waals surface area (Å²) in [6, 6.07) is 0. The minimum absolute atomic E-state index is 0.168. The van der Waals surface area contributed by atoms with Crippen molar-refractivity contribution < 1.29 is 9.90 Å². The van der Waals surface area contributed by atoms with Gasteiger partial charge in [-0.05, 0) is 19.8 Å². The van der Waals surface area contributed by atoms with Crippen LogP contribution in [0.1, 0.15) is 36.2 Å². The van der Waals surface area contributed by atoms with Crippen LogP contribution < -0.4 is 0 Å². The molecule has 0 radical (unpaired) electrons. The molecular formula is C11H13N3O2. The predicted octanol–water partition coefficient (Wildman–Crippen LogP) is 1.71. The third-order valence-corrected chi connectivity index (χ3v) is 2.56. The Morgan fingerprint density at radius 2 is 2.31 bits per heavy atom. The average molecular weight is 219 g/mol. The number of H-pyrrole nitrogens is 1. The van der Waals surface area contributed by atoms with E-state index in [0.717, 1.165) is 12.8 Å². The molecule has 0 bridgehead atoms. The van der Waals surface area contributed by atoms with E-state index >= 15 is 0 Å². The van der Waals surface area contributed by atoms with E-state index in [1.54, 1.807) is 0 Å². The monoisotopic (exact) mass is 219 g/mol. The van der Waals surface area contributed by atoms with E-state index in [9.17, 15) is 4.79 Å². The van der Waals surface area contributed by atoms with E-state index in [1.165, 1.54) is 11.1 Å². The number of nitrogens with zero attached hydrogens (tertiary/aromatic N) is 2. The molecule has 0 atom stereocenters. The van der Waals surface area contributed by atoms with Crippen LogP contribution in [0.5, 0.6) is 0 Å². The minimum Gasteiger partial charge on any atom is -0.475 e. The molecule has 0 saturated carbocycles. The van der Waals surface area contributed by atoms with Gasteiger partial charge in [0.1, 0.15) is 5.82 Å². The molecule has 1 aliphatic rings. The molecule has 5 nitrogen and oxygen atoms in total. The van der Waals surface area contributed by atoms with Crippen LogP contribution in [0.25, 0.3) is 0 Å². The normalized spacial score (nSPS) is 15.6. The molecule has 1 aliphatic carbocycles. The van der Waals surface area contributed by atoms with Crippen LogP contribution in [-0.2, 0) is 6.42 Å². The van der Waals surface area contributed by atoms with Crippen LogP contribution in [-0.4, -0.2) is 26.3 Å². The van der Waals surface area contributed by atoms with Gasteiger partial charge in [-0.3, -0.25) is 5.10 Å². The third-order valence-electron chi connectivity index (χ3n) is 2.56. The fraction of sp³-hybridized carbons (Fsp3) is 0.364. The Morgan fingerprint density at radius 1 is 1.50 bits per heavy atom. The van der Waals surface area contributed by atoms with Crippen LogP contribution in [0, 0.1) is 0 Å². The summed E-state index contributed by atoms with van der Waals surface area (Å²) in [7, 11) is 0. The molecule has 84 valence electrons. The Bertz CT molecular complexity index is 471. The Morgan fingerprint density at radius 3 is 2.88 bits per heavy atom. The van der Waals surface area contributed by atoms with Crippen LogP contribution in [0.3, 0.4) is 0 Å². The van der Waals surface area contributed by atoms with Gasteiger partial charge in [-0.25, -0.2) is 9.78 Å². The van der Waals surface area contributed by atoms with Crippen molar-refractivity contribution in [1.29, 1.82) is 0 Å². The van der Waals surface area contributed by atoms with E-state index < -0.39 is 5.97 Å². The highest BCUT2D eigenvalue weighted by atomic mass is 16.4. The summed E-state index contributed by atoms with van der Waals surface area (Å²) in [5.74, 6) is -0.661. The quantitative estimate of drug-likeness (QED) is 0.811. The number of hydrogen-bond donors (Lipinski definition) is 2. The second-order valence-electron chi connectivity index (χ2n) is 3.93. The second kappa shape index (κ2) is 4.30. The average Bonchev–Trinajstić information content (AvgIpc) is 2.70. The summed E-state index contributed by atoms with van der Waals surface area (Å²) in [5, 5.41) is 14.9. The van der Waals surface area contributed by atoms with E-state index in [1.807, 2.05) is 0 Å². The number of hydrogen-bond acceptors (Lipinski definition) is 3. The largest absolute Gasteiger partial charge is 0.475 e. The van der Waals surface area contributed by atoms with E-state index in [4.69, 9.17) is 5.11 Å². The first-order valence-electron chi connectivity index (χ1n) is 5.15. The Kier molecular flexibility index (Phi) is 2.85. The molecule has 1 heterocycles. The number of aromatic nitrogens is 3. The van der Waals surface area contributed by atoms with Gasteiger partial charge in [0.25, 0.3) is 5.82 Å². The predicted molar refractivity (Wildman–Crippen MR) is 58.1 cm³/mol. The first-order chi connectivity index (χ1) is 7.65.